The molecule has 1 N–H and O–H groups in total. The summed E-state index contributed by atoms with van der Waals surface area (Å²) in [5, 5.41) is 3.14. The number of halogens is 2. The minimum Gasteiger partial charge on any atom is -0.443 e. The lowest BCUT2D eigenvalue weighted by molar-refractivity contribution is 0.554. The Morgan fingerprint density at radius 1 is 1.33 bits per heavy atom. The summed E-state index contributed by atoms with van der Waals surface area (Å²) >= 11 is 0. The summed E-state index contributed by atoms with van der Waals surface area (Å²) in [5.41, 5.74) is 0.675. The van der Waals surface area contributed by atoms with Gasteiger partial charge in [-0.1, -0.05) is 6.92 Å². The van der Waals surface area contributed by atoms with Crippen molar-refractivity contribution >= 4 is 0 Å². The summed E-state index contributed by atoms with van der Waals surface area (Å²) in [5.74, 6) is -0.754. The summed E-state index contributed by atoms with van der Waals surface area (Å²) in [6, 6.07) is 3.26. The average Bonchev–Trinajstić information content (AvgIpc) is 2.81. The summed E-state index contributed by atoms with van der Waals surface area (Å²) in [4.78, 5) is 4.02. The molecule has 0 saturated heterocycles. The Labute approximate surface area is 104 Å². The maximum Gasteiger partial charge on any atom is 0.181 e. The standard InChI is InChI=1S/C13H14F2N2O/c1-2-5-16-7-12-13(18-8-17-12)10-6-9(14)3-4-11(10)15/h3-4,6,8,16H,2,5,7H2,1H3. The Kier molecular flexibility index (Phi) is 4.04. The van der Waals surface area contributed by atoms with E-state index in [9.17, 15) is 8.78 Å². The Balaban J connectivity index is 2.27. The van der Waals surface area contributed by atoms with Crippen LogP contribution < -0.4 is 5.32 Å². The zero-order chi connectivity index (χ0) is 13.0. The van der Waals surface area contributed by atoms with Gasteiger partial charge in [-0.15, -0.1) is 0 Å². The fourth-order valence-corrected chi connectivity index (χ4v) is 1.67. The number of benzene rings is 1. The van der Waals surface area contributed by atoms with E-state index in [0.29, 0.717) is 12.2 Å². The molecule has 0 radical (unpaired) electrons. The first-order chi connectivity index (χ1) is 8.72. The fourth-order valence-electron chi connectivity index (χ4n) is 1.67. The van der Waals surface area contributed by atoms with Gasteiger partial charge in [0.2, 0.25) is 0 Å². The van der Waals surface area contributed by atoms with Gasteiger partial charge in [0.1, 0.15) is 17.3 Å². The van der Waals surface area contributed by atoms with E-state index in [1.807, 2.05) is 6.92 Å². The smallest absolute Gasteiger partial charge is 0.181 e. The molecule has 2 aromatic rings. The minimum atomic E-state index is -0.523. The van der Waals surface area contributed by atoms with Crippen LogP contribution in [0, 0.1) is 11.6 Å². The van der Waals surface area contributed by atoms with Gasteiger partial charge in [0, 0.05) is 6.54 Å². The van der Waals surface area contributed by atoms with Gasteiger partial charge in [0.15, 0.2) is 12.2 Å². The van der Waals surface area contributed by atoms with E-state index in [4.69, 9.17) is 4.42 Å². The molecule has 0 unspecified atom stereocenters. The van der Waals surface area contributed by atoms with E-state index in [1.54, 1.807) is 0 Å². The quantitative estimate of drug-likeness (QED) is 0.831. The van der Waals surface area contributed by atoms with Crippen molar-refractivity contribution in [3.05, 3.63) is 41.9 Å². The van der Waals surface area contributed by atoms with E-state index in [0.717, 1.165) is 31.2 Å². The lowest BCUT2D eigenvalue weighted by atomic mass is 10.1. The topological polar surface area (TPSA) is 38.1 Å². The van der Waals surface area contributed by atoms with Gasteiger partial charge in [0.05, 0.1) is 5.56 Å². The lowest BCUT2D eigenvalue weighted by Gasteiger charge is -2.04. The van der Waals surface area contributed by atoms with E-state index in [2.05, 4.69) is 10.3 Å². The highest BCUT2D eigenvalue weighted by molar-refractivity contribution is 5.60. The van der Waals surface area contributed by atoms with Gasteiger partial charge in [-0.05, 0) is 31.2 Å². The molecule has 0 spiro atoms. The number of nitrogens with one attached hydrogen (secondary N) is 1. The molecular weight excluding hydrogens is 238 g/mol. The highest BCUT2D eigenvalue weighted by atomic mass is 19.1. The number of rotatable bonds is 5. The molecule has 5 heteroatoms. The first-order valence-corrected chi connectivity index (χ1v) is 5.81. The van der Waals surface area contributed by atoms with Crippen LogP contribution in [0.15, 0.2) is 29.0 Å². The molecule has 1 aromatic carbocycles. The highest BCUT2D eigenvalue weighted by Gasteiger charge is 2.15. The zero-order valence-corrected chi connectivity index (χ0v) is 10.0. The second kappa shape index (κ2) is 5.73. The molecule has 0 aliphatic carbocycles. The number of aromatic nitrogens is 1. The van der Waals surface area contributed by atoms with Gasteiger partial charge in [-0.25, -0.2) is 13.8 Å². The van der Waals surface area contributed by atoms with E-state index < -0.39 is 11.6 Å². The molecule has 0 aliphatic rings. The molecule has 2 rings (SSSR count). The van der Waals surface area contributed by atoms with Crippen molar-refractivity contribution in [1.82, 2.24) is 10.3 Å². The lowest BCUT2D eigenvalue weighted by Crippen LogP contribution is -2.14. The fraction of sp³-hybridized carbons (Fsp3) is 0.308. The molecule has 0 bridgehead atoms. The Hall–Kier alpha value is -1.75. The van der Waals surface area contributed by atoms with Crippen molar-refractivity contribution < 1.29 is 13.2 Å². The van der Waals surface area contributed by atoms with Gasteiger partial charge >= 0.3 is 0 Å². The van der Waals surface area contributed by atoms with Crippen molar-refractivity contribution in [2.24, 2.45) is 0 Å². The Bertz CT molecular complexity index is 525. The SMILES string of the molecule is CCCNCc1ncoc1-c1cc(F)ccc1F. The minimum absolute atomic E-state index is 0.0980. The highest BCUT2D eigenvalue weighted by Crippen LogP contribution is 2.26. The molecule has 96 valence electrons. The molecule has 0 fully saturated rings. The van der Waals surface area contributed by atoms with Crippen molar-refractivity contribution in [3.8, 4) is 11.3 Å². The maximum atomic E-state index is 13.6. The predicted molar refractivity (Wildman–Crippen MR) is 63.9 cm³/mol. The third-order valence-electron chi connectivity index (χ3n) is 2.53. The average molecular weight is 252 g/mol. The number of hydrogen-bond donors (Lipinski definition) is 1. The molecule has 0 amide bonds. The first kappa shape index (κ1) is 12.7. The van der Waals surface area contributed by atoms with E-state index in [1.165, 1.54) is 6.39 Å². The van der Waals surface area contributed by atoms with Gasteiger partial charge in [-0.3, -0.25) is 0 Å². The molecule has 3 nitrogen and oxygen atoms in total. The maximum absolute atomic E-state index is 13.6. The number of nitrogens with zero attached hydrogens (tertiary/aromatic N) is 1. The summed E-state index contributed by atoms with van der Waals surface area (Å²) < 4.78 is 31.9. The Morgan fingerprint density at radius 3 is 2.94 bits per heavy atom. The van der Waals surface area contributed by atoms with Crippen LogP contribution in [0.2, 0.25) is 0 Å². The number of oxazole rings is 1. The van der Waals surface area contributed by atoms with Crippen LogP contribution in [0.3, 0.4) is 0 Å². The largest absolute Gasteiger partial charge is 0.443 e. The Morgan fingerprint density at radius 2 is 2.17 bits per heavy atom. The van der Waals surface area contributed by atoms with Crippen molar-refractivity contribution in [2.75, 3.05) is 6.54 Å². The van der Waals surface area contributed by atoms with E-state index >= 15 is 0 Å². The van der Waals surface area contributed by atoms with Crippen LogP contribution in [-0.2, 0) is 6.54 Å². The molecule has 1 heterocycles. The third-order valence-corrected chi connectivity index (χ3v) is 2.53. The molecular formula is C13H14F2N2O. The summed E-state index contributed by atoms with van der Waals surface area (Å²) in [6.45, 7) is 3.34. The molecule has 0 saturated carbocycles. The van der Waals surface area contributed by atoms with Crippen LogP contribution in [0.1, 0.15) is 19.0 Å². The van der Waals surface area contributed by atoms with Crippen LogP contribution in [0.5, 0.6) is 0 Å². The normalized spacial score (nSPS) is 10.8. The molecule has 0 atom stereocenters. The van der Waals surface area contributed by atoms with Crippen molar-refractivity contribution in [1.29, 1.82) is 0 Å². The zero-order valence-electron chi connectivity index (χ0n) is 10.0. The number of hydrogen-bond acceptors (Lipinski definition) is 3. The van der Waals surface area contributed by atoms with Gasteiger partial charge in [-0.2, -0.15) is 0 Å². The van der Waals surface area contributed by atoms with Gasteiger partial charge in [0.25, 0.3) is 0 Å². The summed E-state index contributed by atoms with van der Waals surface area (Å²) in [6.07, 6.45) is 2.23. The second-order valence-corrected chi connectivity index (χ2v) is 3.93. The van der Waals surface area contributed by atoms with Crippen LogP contribution in [-0.4, -0.2) is 11.5 Å². The van der Waals surface area contributed by atoms with Crippen molar-refractivity contribution in [2.45, 2.75) is 19.9 Å². The third kappa shape index (κ3) is 2.73. The molecule has 0 aliphatic heterocycles. The van der Waals surface area contributed by atoms with Gasteiger partial charge < -0.3 is 9.73 Å². The predicted octanol–water partition coefficient (Wildman–Crippen LogP) is 3.12. The monoisotopic (exact) mass is 252 g/mol. The van der Waals surface area contributed by atoms with Crippen molar-refractivity contribution in [3.63, 3.8) is 0 Å². The van der Waals surface area contributed by atoms with Crippen LogP contribution in [0.4, 0.5) is 8.78 Å². The van der Waals surface area contributed by atoms with Crippen LogP contribution >= 0.6 is 0 Å². The molecule has 1 aromatic heterocycles. The van der Waals surface area contributed by atoms with E-state index in [-0.39, 0.29) is 11.3 Å². The molecule has 18 heavy (non-hydrogen) atoms. The first-order valence-electron chi connectivity index (χ1n) is 5.81. The summed E-state index contributed by atoms with van der Waals surface area (Å²) in [7, 11) is 0. The van der Waals surface area contributed by atoms with Crippen LogP contribution in [0.25, 0.3) is 11.3 Å². The second-order valence-electron chi connectivity index (χ2n) is 3.93.